The van der Waals surface area contributed by atoms with E-state index in [2.05, 4.69) is 45.9 Å². The molecule has 0 aliphatic heterocycles. The Hall–Kier alpha value is -1.53. The fourth-order valence-electron chi connectivity index (χ4n) is 2.52. The zero-order valence-electron chi connectivity index (χ0n) is 16.3. The van der Waals surface area contributed by atoms with E-state index in [-0.39, 0.29) is 11.5 Å². The molecule has 0 saturated carbocycles. The molecule has 0 aliphatic rings. The van der Waals surface area contributed by atoms with Crippen molar-refractivity contribution >= 4 is 52.9 Å². The molecule has 6 heteroatoms. The van der Waals surface area contributed by atoms with E-state index >= 15 is 0 Å². The maximum absolute atomic E-state index is 12.8. The van der Waals surface area contributed by atoms with Gasteiger partial charge in [-0.3, -0.25) is 0 Å². The summed E-state index contributed by atoms with van der Waals surface area (Å²) in [6.45, 7) is 0. The van der Waals surface area contributed by atoms with Crippen LogP contribution in [-0.2, 0) is 0 Å². The summed E-state index contributed by atoms with van der Waals surface area (Å²) >= 11 is -4.15. The second kappa shape index (κ2) is 7.60. The molecule has 0 aliphatic carbocycles. The molecule has 138 valence electrons. The third-order valence-electron chi connectivity index (χ3n) is 4.32. The molecule has 4 nitrogen and oxygen atoms in total. The van der Waals surface area contributed by atoms with Gasteiger partial charge in [-0.2, -0.15) is 0 Å². The quantitative estimate of drug-likeness (QED) is 0.649. The standard InChI is InChI=1S/C20H27Ge2NO3/c1-21(2,3)16-11-15(12-17(13-16)22(4,5)6)19(24)23-18-9-7-14(8-10-18)20(25)26/h7-13H,1-6H3,(H,23,24)(H,25,26). The van der Waals surface area contributed by atoms with Crippen LogP contribution < -0.4 is 14.1 Å². The predicted octanol–water partition coefficient (Wildman–Crippen LogP) is 3.73. The number of anilines is 1. The van der Waals surface area contributed by atoms with Crippen LogP contribution in [0.2, 0.25) is 34.5 Å². The Kier molecular flexibility index (Phi) is 6.08. The summed E-state index contributed by atoms with van der Waals surface area (Å²) in [5.74, 6) is 12.9. The van der Waals surface area contributed by atoms with Gasteiger partial charge in [0.2, 0.25) is 0 Å². The number of benzene rings is 2. The maximum atomic E-state index is 12.8. The van der Waals surface area contributed by atoms with Crippen LogP contribution in [0.25, 0.3) is 0 Å². The molecule has 0 radical (unpaired) electrons. The molecule has 2 rings (SSSR count). The first kappa shape index (κ1) is 20.8. The van der Waals surface area contributed by atoms with E-state index in [4.69, 9.17) is 5.11 Å². The zero-order chi connectivity index (χ0) is 19.7. The van der Waals surface area contributed by atoms with Crippen molar-refractivity contribution in [3.63, 3.8) is 0 Å². The molecule has 0 atom stereocenters. The van der Waals surface area contributed by atoms with E-state index in [0.717, 1.165) is 0 Å². The number of hydrogen-bond donors (Lipinski definition) is 2. The number of amides is 1. The Morgan fingerprint density at radius 1 is 0.769 bits per heavy atom. The van der Waals surface area contributed by atoms with E-state index in [9.17, 15) is 9.59 Å². The molecule has 0 fully saturated rings. The summed E-state index contributed by atoms with van der Waals surface area (Å²) in [5, 5.41) is 11.9. The topological polar surface area (TPSA) is 66.4 Å². The van der Waals surface area contributed by atoms with Crippen molar-refractivity contribution in [1.82, 2.24) is 0 Å². The van der Waals surface area contributed by atoms with Crippen molar-refractivity contribution in [2.24, 2.45) is 0 Å². The molecule has 2 N–H and O–H groups in total. The minimum atomic E-state index is -2.08. The van der Waals surface area contributed by atoms with Gasteiger partial charge in [0, 0.05) is 0 Å². The number of carboxylic acid groups (broad SMARTS) is 1. The molecule has 0 aromatic heterocycles. The van der Waals surface area contributed by atoms with Crippen LogP contribution in [0.1, 0.15) is 20.7 Å². The van der Waals surface area contributed by atoms with Crippen molar-refractivity contribution in [3.05, 3.63) is 53.6 Å². The van der Waals surface area contributed by atoms with Gasteiger partial charge >= 0.3 is 161 Å². The molecule has 2 aromatic carbocycles. The second-order valence-electron chi connectivity index (χ2n) is 8.64. The number of hydrogen-bond acceptors (Lipinski definition) is 2. The van der Waals surface area contributed by atoms with Gasteiger partial charge in [0.1, 0.15) is 0 Å². The Bertz CT molecular complexity index is 799. The molecule has 0 saturated heterocycles. The van der Waals surface area contributed by atoms with Crippen LogP contribution in [0.3, 0.4) is 0 Å². The van der Waals surface area contributed by atoms with E-state index in [1.807, 2.05) is 12.1 Å². The van der Waals surface area contributed by atoms with Crippen molar-refractivity contribution in [2.45, 2.75) is 34.5 Å². The first-order chi connectivity index (χ1) is 11.9. The van der Waals surface area contributed by atoms with Crippen LogP contribution in [-0.4, -0.2) is 43.5 Å². The normalized spacial score (nSPS) is 11.9. The third kappa shape index (κ3) is 5.24. The first-order valence-electron chi connectivity index (χ1n) is 8.69. The van der Waals surface area contributed by atoms with Crippen molar-refractivity contribution in [3.8, 4) is 0 Å². The van der Waals surface area contributed by atoms with Gasteiger partial charge in [0.25, 0.3) is 0 Å². The summed E-state index contributed by atoms with van der Waals surface area (Å²) in [5.41, 5.74) is 1.50. The Morgan fingerprint density at radius 3 is 1.62 bits per heavy atom. The molecule has 1 amide bonds. The summed E-state index contributed by atoms with van der Waals surface area (Å²) < 4.78 is 2.68. The van der Waals surface area contributed by atoms with E-state index < -0.39 is 32.5 Å². The summed E-state index contributed by atoms with van der Waals surface area (Å²) in [6, 6.07) is 12.6. The molecule has 0 unspecified atom stereocenters. The number of carbonyl (C=O) groups excluding carboxylic acids is 1. The molecule has 0 heterocycles. The van der Waals surface area contributed by atoms with Gasteiger partial charge in [-0.25, -0.2) is 0 Å². The summed E-state index contributed by atoms with van der Waals surface area (Å²) in [4.78, 5) is 23.7. The second-order valence-corrected chi connectivity index (χ2v) is 29.9. The molecule has 0 spiro atoms. The Labute approximate surface area is 160 Å². The molecule has 2 aromatic rings. The van der Waals surface area contributed by atoms with Gasteiger partial charge in [0.15, 0.2) is 0 Å². The predicted molar refractivity (Wildman–Crippen MR) is 114 cm³/mol. The van der Waals surface area contributed by atoms with Crippen LogP contribution in [0.5, 0.6) is 0 Å². The van der Waals surface area contributed by atoms with Crippen molar-refractivity contribution in [1.29, 1.82) is 0 Å². The van der Waals surface area contributed by atoms with Crippen molar-refractivity contribution in [2.75, 3.05) is 5.32 Å². The van der Waals surface area contributed by atoms with Crippen LogP contribution in [0, 0.1) is 0 Å². The molecule has 0 bridgehead atoms. The summed E-state index contributed by atoms with van der Waals surface area (Å²) in [6.07, 6.45) is 0. The van der Waals surface area contributed by atoms with Gasteiger partial charge in [-0.05, 0) is 0 Å². The number of rotatable bonds is 5. The van der Waals surface area contributed by atoms with E-state index in [0.29, 0.717) is 11.3 Å². The Morgan fingerprint density at radius 2 is 1.23 bits per heavy atom. The number of aromatic carboxylic acids is 1. The third-order valence-corrected chi connectivity index (χ3v) is 12.8. The zero-order valence-corrected chi connectivity index (χ0v) is 20.5. The van der Waals surface area contributed by atoms with Crippen LogP contribution in [0.15, 0.2) is 42.5 Å². The fourth-order valence-corrected chi connectivity index (χ4v) is 8.10. The number of carbonyl (C=O) groups is 2. The number of carboxylic acids is 1. The average molecular weight is 475 g/mol. The van der Waals surface area contributed by atoms with Crippen LogP contribution in [0.4, 0.5) is 5.69 Å². The Balaban J connectivity index is 2.37. The minimum absolute atomic E-state index is 0.144. The first-order valence-corrected chi connectivity index (χ1v) is 23.4. The molecular formula is C20H27Ge2NO3. The van der Waals surface area contributed by atoms with E-state index in [1.54, 1.807) is 12.1 Å². The molecular weight excluding hydrogens is 447 g/mol. The van der Waals surface area contributed by atoms with Crippen molar-refractivity contribution < 1.29 is 14.7 Å². The van der Waals surface area contributed by atoms with Crippen LogP contribution >= 0.6 is 0 Å². The van der Waals surface area contributed by atoms with Gasteiger partial charge < -0.3 is 0 Å². The van der Waals surface area contributed by atoms with Gasteiger partial charge in [-0.1, -0.05) is 0 Å². The average Bonchev–Trinajstić information content (AvgIpc) is 2.53. The fraction of sp³-hybridized carbons (Fsp3) is 0.300. The van der Waals surface area contributed by atoms with Gasteiger partial charge in [0.05, 0.1) is 0 Å². The summed E-state index contributed by atoms with van der Waals surface area (Å²) in [7, 11) is 0. The SMILES string of the molecule is [CH3][Ge]([CH3])([CH3])[c]1cc(C(=O)Nc2ccc(C(=O)O)cc2)c[c]([Ge]([CH3])([CH3])[CH3])c1. The monoisotopic (exact) mass is 477 g/mol. The molecule has 26 heavy (non-hydrogen) atoms. The van der Waals surface area contributed by atoms with Gasteiger partial charge in [-0.15, -0.1) is 0 Å². The van der Waals surface area contributed by atoms with E-state index in [1.165, 1.54) is 20.9 Å². The number of nitrogens with one attached hydrogen (secondary N) is 1.